The lowest BCUT2D eigenvalue weighted by molar-refractivity contribution is 0.498. The molecule has 0 heterocycles. The van der Waals surface area contributed by atoms with E-state index < -0.39 is 15.6 Å². The van der Waals surface area contributed by atoms with E-state index in [9.17, 15) is 8.42 Å². The average molecular weight is 284 g/mol. The first-order valence-electron chi connectivity index (χ1n) is 6.54. The van der Waals surface area contributed by atoms with Crippen molar-refractivity contribution in [3.8, 4) is 0 Å². The molecule has 19 heavy (non-hydrogen) atoms. The van der Waals surface area contributed by atoms with Gasteiger partial charge in [-0.1, -0.05) is 26.0 Å². The highest BCUT2D eigenvalue weighted by atomic mass is 32.2. The molecule has 1 aromatic carbocycles. The molecule has 0 aliphatic carbocycles. The Morgan fingerprint density at radius 2 is 1.79 bits per heavy atom. The normalized spacial score (nSPS) is 14.4. The summed E-state index contributed by atoms with van der Waals surface area (Å²) in [4.78, 5) is 0.281. The highest BCUT2D eigenvalue weighted by Gasteiger charge is 2.18. The molecule has 1 unspecified atom stereocenters. The van der Waals surface area contributed by atoms with Gasteiger partial charge in [0.2, 0.25) is 10.0 Å². The fourth-order valence-corrected chi connectivity index (χ4v) is 2.80. The summed E-state index contributed by atoms with van der Waals surface area (Å²) in [5.41, 5.74) is 6.36. The van der Waals surface area contributed by atoms with E-state index in [1.165, 1.54) is 0 Å². The molecule has 0 saturated heterocycles. The van der Waals surface area contributed by atoms with Crippen LogP contribution in [0.3, 0.4) is 0 Å². The summed E-state index contributed by atoms with van der Waals surface area (Å²) < 4.78 is 26.7. The molecule has 1 atom stereocenters. The van der Waals surface area contributed by atoms with Crippen LogP contribution < -0.4 is 10.5 Å². The maximum absolute atomic E-state index is 12.1. The molecule has 1 aromatic rings. The molecule has 0 fully saturated rings. The fourth-order valence-electron chi connectivity index (χ4n) is 1.58. The van der Waals surface area contributed by atoms with Gasteiger partial charge in [-0.05, 0) is 43.9 Å². The molecule has 0 radical (unpaired) electrons. The monoisotopic (exact) mass is 284 g/mol. The van der Waals surface area contributed by atoms with Crippen LogP contribution in [-0.4, -0.2) is 20.5 Å². The molecular weight excluding hydrogens is 260 g/mol. The van der Waals surface area contributed by atoms with E-state index in [0.29, 0.717) is 5.92 Å². The van der Waals surface area contributed by atoms with Crippen LogP contribution in [0.4, 0.5) is 0 Å². The van der Waals surface area contributed by atoms with E-state index in [1.807, 2.05) is 12.1 Å². The summed E-state index contributed by atoms with van der Waals surface area (Å²) in [6.45, 7) is 8.00. The summed E-state index contributed by atoms with van der Waals surface area (Å²) >= 11 is 0. The fraction of sp³-hybridized carbons (Fsp3) is 0.571. The van der Waals surface area contributed by atoms with Crippen LogP contribution in [0, 0.1) is 0 Å². The first-order valence-corrected chi connectivity index (χ1v) is 8.02. The van der Waals surface area contributed by atoms with Gasteiger partial charge in [-0.3, -0.25) is 0 Å². The van der Waals surface area contributed by atoms with Crippen LogP contribution in [0.2, 0.25) is 0 Å². The highest BCUT2D eigenvalue weighted by Crippen LogP contribution is 2.20. The second kappa shape index (κ2) is 6.03. The first-order chi connectivity index (χ1) is 8.65. The van der Waals surface area contributed by atoms with Gasteiger partial charge in [0, 0.05) is 12.1 Å². The molecule has 3 N–H and O–H groups in total. The van der Waals surface area contributed by atoms with Crippen molar-refractivity contribution in [3.63, 3.8) is 0 Å². The molecular formula is C14H24N2O2S. The van der Waals surface area contributed by atoms with Gasteiger partial charge >= 0.3 is 0 Å². The molecule has 0 spiro atoms. The summed E-state index contributed by atoms with van der Waals surface area (Å²) in [6.07, 6.45) is 1.03. The molecule has 0 amide bonds. The third kappa shape index (κ3) is 4.93. The Hall–Kier alpha value is -0.910. The topological polar surface area (TPSA) is 72.2 Å². The Bertz CT molecular complexity index is 501. The predicted octanol–water partition coefficient (Wildman–Crippen LogP) is 2.22. The Morgan fingerprint density at radius 3 is 2.21 bits per heavy atom. The molecule has 4 nitrogen and oxygen atoms in total. The number of benzene rings is 1. The lowest BCUT2D eigenvalue weighted by Gasteiger charge is -2.19. The quantitative estimate of drug-likeness (QED) is 0.841. The van der Waals surface area contributed by atoms with Crippen molar-refractivity contribution in [2.45, 2.75) is 50.5 Å². The Balaban J connectivity index is 2.85. The van der Waals surface area contributed by atoms with Gasteiger partial charge in [0.25, 0.3) is 0 Å². The Labute approximate surface area is 116 Å². The third-order valence-corrected chi connectivity index (χ3v) is 4.51. The minimum atomic E-state index is -3.47. The molecule has 0 aromatic heterocycles. The van der Waals surface area contributed by atoms with Crippen LogP contribution in [-0.2, 0) is 10.0 Å². The zero-order valence-corrected chi connectivity index (χ0v) is 12.9. The Morgan fingerprint density at radius 1 is 1.26 bits per heavy atom. The molecule has 5 heteroatoms. The second-order valence-electron chi connectivity index (χ2n) is 5.69. The largest absolute Gasteiger partial charge is 0.324 e. The van der Waals surface area contributed by atoms with Gasteiger partial charge in [-0.25, -0.2) is 13.1 Å². The highest BCUT2D eigenvalue weighted by molar-refractivity contribution is 7.89. The SMILES string of the molecule is CCC(C)c1ccc(S(=O)(=O)NCC(C)(C)N)cc1. The van der Waals surface area contributed by atoms with Crippen molar-refractivity contribution in [2.75, 3.05) is 6.54 Å². The number of sulfonamides is 1. The molecule has 0 saturated carbocycles. The molecule has 1 rings (SSSR count). The zero-order chi connectivity index (χ0) is 14.7. The third-order valence-electron chi connectivity index (χ3n) is 3.09. The standard InChI is InChI=1S/C14H24N2O2S/c1-5-11(2)12-6-8-13(9-7-12)19(17,18)16-10-14(3,4)15/h6-9,11,16H,5,10,15H2,1-4H3. The second-order valence-corrected chi connectivity index (χ2v) is 7.46. The van der Waals surface area contributed by atoms with Gasteiger partial charge < -0.3 is 5.73 Å². The molecule has 0 bridgehead atoms. The van der Waals surface area contributed by atoms with Crippen molar-refractivity contribution in [1.82, 2.24) is 4.72 Å². The van der Waals surface area contributed by atoms with E-state index in [-0.39, 0.29) is 11.4 Å². The smallest absolute Gasteiger partial charge is 0.240 e. The van der Waals surface area contributed by atoms with Crippen LogP contribution in [0.15, 0.2) is 29.2 Å². The number of hydrogen-bond donors (Lipinski definition) is 2. The van der Waals surface area contributed by atoms with E-state index in [4.69, 9.17) is 5.73 Å². The number of rotatable bonds is 6. The van der Waals surface area contributed by atoms with Gasteiger partial charge in [-0.15, -0.1) is 0 Å². The van der Waals surface area contributed by atoms with E-state index in [0.717, 1.165) is 12.0 Å². The summed E-state index contributed by atoms with van der Waals surface area (Å²) in [6, 6.07) is 7.04. The van der Waals surface area contributed by atoms with Gasteiger partial charge in [0.1, 0.15) is 0 Å². The number of nitrogens with two attached hydrogens (primary N) is 1. The first kappa shape index (κ1) is 16.1. The van der Waals surface area contributed by atoms with Crippen molar-refractivity contribution in [2.24, 2.45) is 5.73 Å². The van der Waals surface area contributed by atoms with E-state index >= 15 is 0 Å². The molecule has 0 aliphatic heterocycles. The van der Waals surface area contributed by atoms with Gasteiger partial charge in [0.15, 0.2) is 0 Å². The minimum absolute atomic E-state index is 0.211. The van der Waals surface area contributed by atoms with E-state index in [1.54, 1.807) is 26.0 Å². The van der Waals surface area contributed by atoms with Gasteiger partial charge in [0.05, 0.1) is 4.90 Å². The van der Waals surface area contributed by atoms with Crippen molar-refractivity contribution < 1.29 is 8.42 Å². The molecule has 108 valence electrons. The van der Waals surface area contributed by atoms with E-state index in [2.05, 4.69) is 18.6 Å². The lowest BCUT2D eigenvalue weighted by Crippen LogP contribution is -2.45. The maximum Gasteiger partial charge on any atom is 0.240 e. The number of hydrogen-bond acceptors (Lipinski definition) is 3. The van der Waals surface area contributed by atoms with Crippen LogP contribution in [0.25, 0.3) is 0 Å². The predicted molar refractivity (Wildman–Crippen MR) is 78.6 cm³/mol. The van der Waals surface area contributed by atoms with Crippen molar-refractivity contribution in [3.05, 3.63) is 29.8 Å². The zero-order valence-electron chi connectivity index (χ0n) is 12.1. The van der Waals surface area contributed by atoms with Crippen molar-refractivity contribution >= 4 is 10.0 Å². The van der Waals surface area contributed by atoms with Gasteiger partial charge in [-0.2, -0.15) is 0 Å². The minimum Gasteiger partial charge on any atom is -0.324 e. The molecule has 0 aliphatic rings. The van der Waals surface area contributed by atoms with Crippen LogP contribution in [0.5, 0.6) is 0 Å². The number of nitrogens with one attached hydrogen (secondary N) is 1. The van der Waals surface area contributed by atoms with Crippen LogP contribution in [0.1, 0.15) is 45.6 Å². The Kier molecular flexibility index (Phi) is 5.12. The lowest BCUT2D eigenvalue weighted by atomic mass is 9.99. The summed E-state index contributed by atoms with van der Waals surface area (Å²) in [7, 11) is -3.47. The van der Waals surface area contributed by atoms with Crippen LogP contribution >= 0.6 is 0 Å². The maximum atomic E-state index is 12.1. The average Bonchev–Trinajstić information content (AvgIpc) is 2.35. The van der Waals surface area contributed by atoms with Crippen molar-refractivity contribution in [1.29, 1.82) is 0 Å². The summed E-state index contributed by atoms with van der Waals surface area (Å²) in [5.74, 6) is 0.438. The summed E-state index contributed by atoms with van der Waals surface area (Å²) in [5, 5.41) is 0.